The van der Waals surface area contributed by atoms with Crippen LogP contribution in [0.25, 0.3) is 0 Å². The quantitative estimate of drug-likeness (QED) is 0.542. The van der Waals surface area contributed by atoms with E-state index in [0.29, 0.717) is 15.8 Å². The minimum Gasteiger partial charge on any atom is -0.488 e. The Bertz CT molecular complexity index is 704. The minimum atomic E-state index is 0.0101. The Kier molecular flexibility index (Phi) is 5.91. The van der Waals surface area contributed by atoms with Gasteiger partial charge in [-0.3, -0.25) is 5.43 Å². The first-order valence-electron chi connectivity index (χ1n) is 7.39. The summed E-state index contributed by atoms with van der Waals surface area (Å²) in [5, 5.41) is 5.16. The van der Waals surface area contributed by atoms with Crippen molar-refractivity contribution in [3.8, 4) is 5.75 Å². The molecule has 0 atom stereocenters. The zero-order valence-electron chi connectivity index (χ0n) is 13.7. The maximum absolute atomic E-state index is 6.22. The number of benzene rings is 2. The van der Waals surface area contributed by atoms with Gasteiger partial charge in [0.05, 0.1) is 28.1 Å². The fourth-order valence-electron chi connectivity index (χ4n) is 1.99. The molecule has 0 saturated carbocycles. The second-order valence-electron chi connectivity index (χ2n) is 5.65. The summed E-state index contributed by atoms with van der Waals surface area (Å²) in [5.41, 5.74) is 7.19. The molecule has 0 spiro atoms. The van der Waals surface area contributed by atoms with Crippen LogP contribution in [0.1, 0.15) is 30.5 Å². The number of hydrazone groups is 1. The van der Waals surface area contributed by atoms with Crippen molar-refractivity contribution in [3.05, 3.63) is 57.1 Å². The van der Waals surface area contributed by atoms with Gasteiger partial charge in [-0.2, -0.15) is 5.10 Å². The van der Waals surface area contributed by atoms with Gasteiger partial charge in [0.1, 0.15) is 0 Å². The highest BCUT2D eigenvalue weighted by molar-refractivity contribution is 6.37. The number of halogens is 2. The molecule has 0 amide bonds. The summed E-state index contributed by atoms with van der Waals surface area (Å²) in [7, 11) is 0. The monoisotopic (exact) mass is 350 g/mol. The van der Waals surface area contributed by atoms with Crippen LogP contribution in [0.15, 0.2) is 35.4 Å². The summed E-state index contributed by atoms with van der Waals surface area (Å²) in [4.78, 5) is 0. The van der Waals surface area contributed by atoms with Gasteiger partial charge in [-0.25, -0.2) is 0 Å². The van der Waals surface area contributed by atoms with Crippen LogP contribution in [0, 0.1) is 13.8 Å². The molecule has 0 aliphatic carbocycles. The van der Waals surface area contributed by atoms with Gasteiger partial charge < -0.3 is 4.74 Å². The predicted octanol–water partition coefficient (Wildman–Crippen LogP) is 5.84. The van der Waals surface area contributed by atoms with E-state index in [1.807, 2.05) is 26.0 Å². The number of hydrogen-bond acceptors (Lipinski definition) is 3. The molecule has 0 unspecified atom stereocenters. The van der Waals surface area contributed by atoms with E-state index in [1.54, 1.807) is 18.3 Å². The zero-order valence-corrected chi connectivity index (χ0v) is 15.2. The van der Waals surface area contributed by atoms with Crippen LogP contribution < -0.4 is 10.2 Å². The van der Waals surface area contributed by atoms with Crippen LogP contribution in [0.4, 0.5) is 5.69 Å². The zero-order chi connectivity index (χ0) is 17.0. The summed E-state index contributed by atoms with van der Waals surface area (Å²) in [6.45, 7) is 8.00. The molecule has 1 N–H and O–H groups in total. The lowest BCUT2D eigenvalue weighted by Gasteiger charge is -2.13. The molecule has 0 heterocycles. The highest BCUT2D eigenvalue weighted by Gasteiger charge is 2.10. The largest absolute Gasteiger partial charge is 0.488 e. The molecular formula is C18H20Cl2N2O. The van der Waals surface area contributed by atoms with Gasteiger partial charge in [-0.15, -0.1) is 0 Å². The van der Waals surface area contributed by atoms with Crippen molar-refractivity contribution < 1.29 is 4.74 Å². The van der Waals surface area contributed by atoms with E-state index in [1.165, 1.54) is 11.1 Å². The van der Waals surface area contributed by atoms with E-state index in [9.17, 15) is 0 Å². The topological polar surface area (TPSA) is 33.6 Å². The number of ether oxygens (including phenoxy) is 1. The second-order valence-corrected chi connectivity index (χ2v) is 6.46. The number of rotatable bonds is 5. The van der Waals surface area contributed by atoms with E-state index in [2.05, 4.69) is 30.4 Å². The normalized spacial score (nSPS) is 11.3. The molecule has 0 aliphatic rings. The Morgan fingerprint density at radius 2 is 1.70 bits per heavy atom. The van der Waals surface area contributed by atoms with Crippen molar-refractivity contribution in [2.45, 2.75) is 33.8 Å². The number of anilines is 1. The van der Waals surface area contributed by atoms with Crippen LogP contribution in [-0.2, 0) is 0 Å². The van der Waals surface area contributed by atoms with Gasteiger partial charge in [0.15, 0.2) is 5.75 Å². The number of aryl methyl sites for hydroxylation is 2. The van der Waals surface area contributed by atoms with Gasteiger partial charge in [0.25, 0.3) is 0 Å². The third kappa shape index (κ3) is 4.88. The first-order chi connectivity index (χ1) is 10.9. The highest BCUT2D eigenvalue weighted by Crippen LogP contribution is 2.34. The summed E-state index contributed by atoms with van der Waals surface area (Å²) in [6, 6.07) is 9.64. The fourth-order valence-corrected chi connectivity index (χ4v) is 2.59. The molecule has 122 valence electrons. The van der Waals surface area contributed by atoms with Crippen LogP contribution in [0.5, 0.6) is 5.75 Å². The van der Waals surface area contributed by atoms with Gasteiger partial charge in [-0.1, -0.05) is 29.3 Å². The van der Waals surface area contributed by atoms with Crippen LogP contribution in [-0.4, -0.2) is 12.3 Å². The van der Waals surface area contributed by atoms with Gasteiger partial charge in [0, 0.05) is 0 Å². The van der Waals surface area contributed by atoms with E-state index in [-0.39, 0.29) is 6.10 Å². The van der Waals surface area contributed by atoms with E-state index < -0.39 is 0 Å². The molecule has 0 saturated heterocycles. The molecule has 2 rings (SSSR count). The highest BCUT2D eigenvalue weighted by atomic mass is 35.5. The molecule has 0 bridgehead atoms. The molecule has 23 heavy (non-hydrogen) atoms. The van der Waals surface area contributed by atoms with Crippen molar-refractivity contribution in [2.24, 2.45) is 5.10 Å². The fraction of sp³-hybridized carbons (Fsp3) is 0.278. The Morgan fingerprint density at radius 1 is 1.04 bits per heavy atom. The molecule has 3 nitrogen and oxygen atoms in total. The van der Waals surface area contributed by atoms with E-state index in [4.69, 9.17) is 27.9 Å². The Hall–Kier alpha value is -1.71. The van der Waals surface area contributed by atoms with Crippen molar-refractivity contribution >= 4 is 35.1 Å². The van der Waals surface area contributed by atoms with Crippen LogP contribution in [0.3, 0.4) is 0 Å². The Labute approximate surface area is 147 Å². The summed E-state index contributed by atoms with van der Waals surface area (Å²) >= 11 is 12.4. The lowest BCUT2D eigenvalue weighted by Crippen LogP contribution is -2.06. The van der Waals surface area contributed by atoms with E-state index in [0.717, 1.165) is 11.3 Å². The van der Waals surface area contributed by atoms with Crippen LogP contribution in [0.2, 0.25) is 10.0 Å². The van der Waals surface area contributed by atoms with Gasteiger partial charge in [-0.05, 0) is 68.7 Å². The first-order valence-corrected chi connectivity index (χ1v) is 8.14. The third-order valence-electron chi connectivity index (χ3n) is 3.29. The molecule has 5 heteroatoms. The first kappa shape index (κ1) is 17.6. The molecule has 0 aromatic heterocycles. The van der Waals surface area contributed by atoms with Crippen molar-refractivity contribution in [1.29, 1.82) is 0 Å². The van der Waals surface area contributed by atoms with Crippen LogP contribution >= 0.6 is 23.2 Å². The Morgan fingerprint density at radius 3 is 2.26 bits per heavy atom. The lowest BCUT2D eigenvalue weighted by atomic mass is 10.1. The lowest BCUT2D eigenvalue weighted by molar-refractivity contribution is 0.243. The smallest absolute Gasteiger partial charge is 0.156 e. The molecule has 2 aromatic rings. The van der Waals surface area contributed by atoms with Gasteiger partial charge >= 0.3 is 0 Å². The molecule has 0 fully saturated rings. The summed E-state index contributed by atoms with van der Waals surface area (Å²) in [5.74, 6) is 0.502. The van der Waals surface area contributed by atoms with Crippen molar-refractivity contribution in [1.82, 2.24) is 0 Å². The molecule has 2 aromatic carbocycles. The number of hydrogen-bond donors (Lipinski definition) is 1. The maximum atomic E-state index is 6.22. The summed E-state index contributed by atoms with van der Waals surface area (Å²) in [6.07, 6.45) is 1.68. The Balaban J connectivity index is 2.12. The summed E-state index contributed by atoms with van der Waals surface area (Å²) < 4.78 is 5.60. The average Bonchev–Trinajstić information content (AvgIpc) is 2.46. The molecule has 0 aliphatic heterocycles. The SMILES string of the molecule is Cc1ccc(N/N=C/c2cc(Cl)c(OC(C)C)c(Cl)c2)cc1C. The molecule has 0 radical (unpaired) electrons. The minimum absolute atomic E-state index is 0.0101. The van der Waals surface area contributed by atoms with E-state index >= 15 is 0 Å². The van der Waals surface area contributed by atoms with Gasteiger partial charge in [0.2, 0.25) is 0 Å². The maximum Gasteiger partial charge on any atom is 0.156 e. The molecular weight excluding hydrogens is 331 g/mol. The third-order valence-corrected chi connectivity index (χ3v) is 3.85. The second kappa shape index (κ2) is 7.71. The van der Waals surface area contributed by atoms with Crippen molar-refractivity contribution in [2.75, 3.05) is 5.43 Å². The average molecular weight is 351 g/mol. The van der Waals surface area contributed by atoms with Crippen molar-refractivity contribution in [3.63, 3.8) is 0 Å². The standard InChI is InChI=1S/C18H20Cl2N2O/c1-11(2)23-18-16(19)8-14(9-17(18)20)10-21-22-15-6-5-12(3)13(4)7-15/h5-11,22H,1-4H3/b21-10+. The number of nitrogens with zero attached hydrogens (tertiary/aromatic N) is 1. The predicted molar refractivity (Wildman–Crippen MR) is 99.4 cm³/mol. The number of nitrogens with one attached hydrogen (secondary N) is 1.